The van der Waals surface area contributed by atoms with Crippen molar-refractivity contribution in [2.75, 3.05) is 37.6 Å². The molecule has 0 saturated carbocycles. The Labute approximate surface area is 279 Å². The van der Waals surface area contributed by atoms with Gasteiger partial charge in [0.15, 0.2) is 0 Å². The first kappa shape index (κ1) is 37.1. The minimum atomic E-state index is -0.768. The molecule has 2 aliphatic rings. The SMILES string of the molecule is CCCCCCCCCCC[CH2][Sn][CH2][C@@H](NC(C)=O)C(=O)N1CCN(c2ccc(C3CC(CNC(C)=O)NC3=O)cc2F)CC1. The van der Waals surface area contributed by atoms with Crippen molar-refractivity contribution in [1.82, 2.24) is 20.9 Å². The molecule has 2 heterocycles. The molecule has 3 N–H and O–H groups in total. The molecule has 2 aliphatic heterocycles. The van der Waals surface area contributed by atoms with Crippen LogP contribution >= 0.6 is 0 Å². The third-order valence-corrected chi connectivity index (χ3v) is 12.8. The Morgan fingerprint density at radius 2 is 1.60 bits per heavy atom. The number of unbranched alkanes of at least 4 members (excludes halogenated alkanes) is 9. The van der Waals surface area contributed by atoms with Crippen LogP contribution in [0.15, 0.2) is 18.2 Å². The molecule has 0 aromatic heterocycles. The van der Waals surface area contributed by atoms with Crippen LogP contribution in [0.1, 0.15) is 103 Å². The van der Waals surface area contributed by atoms with Gasteiger partial charge in [0, 0.05) is 19.5 Å². The van der Waals surface area contributed by atoms with Crippen LogP contribution in [-0.4, -0.2) is 94.5 Å². The van der Waals surface area contributed by atoms with Gasteiger partial charge in [-0.3, -0.25) is 9.59 Å². The van der Waals surface area contributed by atoms with E-state index in [2.05, 4.69) is 22.9 Å². The van der Waals surface area contributed by atoms with E-state index in [0.29, 0.717) is 50.4 Å². The van der Waals surface area contributed by atoms with Crippen LogP contribution in [0.2, 0.25) is 8.87 Å². The van der Waals surface area contributed by atoms with Gasteiger partial charge in [0.25, 0.3) is 0 Å². The molecular formula is C34H54FN5O4Sn. The molecule has 3 rings (SSSR count). The van der Waals surface area contributed by atoms with E-state index in [9.17, 15) is 19.2 Å². The van der Waals surface area contributed by atoms with Gasteiger partial charge < -0.3 is 10.6 Å². The number of hydrogen-bond donors (Lipinski definition) is 3. The normalized spacial score (nSPS) is 18.9. The number of carbonyl (C=O) groups is 4. The Morgan fingerprint density at radius 3 is 2.20 bits per heavy atom. The predicted molar refractivity (Wildman–Crippen MR) is 178 cm³/mol. The summed E-state index contributed by atoms with van der Waals surface area (Å²) in [6, 6.07) is 4.33. The fourth-order valence-corrected chi connectivity index (χ4v) is 9.88. The number of nitrogens with zero attached hydrogens (tertiary/aromatic N) is 2. The molecule has 1 aromatic rings. The minimum absolute atomic E-state index is 0.0225. The van der Waals surface area contributed by atoms with Crippen LogP contribution in [0.4, 0.5) is 10.1 Å². The van der Waals surface area contributed by atoms with E-state index >= 15 is 4.39 Å². The standard InChI is InChI=1S/C22H29FN5O4.C12H25.Sn/c1-13(25-15(3)30)22(32)28-8-6-27(7-9-28)20-5-4-16(10-19(20)23)18-11-17(26-21(18)31)12-24-14(2)29;1-3-5-7-9-11-12-10-8-6-4-2;/h4-5,10,13,17-18H,1,6-9,11-12H2,2-3H3,(H,24,29)(H,25,30)(H,26,31);1,3-12H2,2H3;/t13-,17?,18?;;/m1../s1. The summed E-state index contributed by atoms with van der Waals surface area (Å²) in [5.74, 6) is -1.36. The van der Waals surface area contributed by atoms with Gasteiger partial charge in [0.1, 0.15) is 0 Å². The van der Waals surface area contributed by atoms with Crippen LogP contribution in [0, 0.1) is 5.82 Å². The summed E-state index contributed by atoms with van der Waals surface area (Å²) < 4.78 is 17.3. The second-order valence-electron chi connectivity index (χ2n) is 12.6. The molecule has 0 aliphatic carbocycles. The second-order valence-corrected chi connectivity index (χ2v) is 16.6. The quantitative estimate of drug-likeness (QED) is 0.143. The topological polar surface area (TPSA) is 111 Å². The van der Waals surface area contributed by atoms with Crippen molar-refractivity contribution in [2.45, 2.75) is 118 Å². The molecule has 9 nitrogen and oxygen atoms in total. The molecule has 2 fully saturated rings. The number of benzene rings is 1. The van der Waals surface area contributed by atoms with E-state index in [1.165, 1.54) is 88.6 Å². The van der Waals surface area contributed by atoms with Crippen LogP contribution in [-0.2, 0) is 19.2 Å². The van der Waals surface area contributed by atoms with Crippen molar-refractivity contribution >= 4 is 50.5 Å². The Kier molecular flexibility index (Phi) is 16.5. The number of hydrogen-bond acceptors (Lipinski definition) is 5. The average molecular weight is 735 g/mol. The Hall–Kier alpha value is -2.37. The zero-order valence-electron chi connectivity index (χ0n) is 27.6. The van der Waals surface area contributed by atoms with Gasteiger partial charge in [0.2, 0.25) is 11.8 Å². The van der Waals surface area contributed by atoms with Gasteiger partial charge in [-0.1, -0.05) is 0 Å². The molecule has 0 bridgehead atoms. The van der Waals surface area contributed by atoms with Gasteiger partial charge >= 0.3 is 222 Å². The van der Waals surface area contributed by atoms with Crippen LogP contribution in [0.5, 0.6) is 0 Å². The summed E-state index contributed by atoms with van der Waals surface area (Å²) in [6.45, 7) is 7.43. The molecule has 2 radical (unpaired) electrons. The molecule has 2 saturated heterocycles. The van der Waals surface area contributed by atoms with E-state index in [1.807, 2.05) is 4.90 Å². The average Bonchev–Trinajstić information content (AvgIpc) is 3.39. The summed E-state index contributed by atoms with van der Waals surface area (Å²) in [6.07, 6.45) is 13.7. The van der Waals surface area contributed by atoms with E-state index in [0.717, 1.165) is 4.44 Å². The number of rotatable bonds is 19. The first-order valence-corrected chi connectivity index (χ1v) is 21.1. The number of piperazine rings is 1. The van der Waals surface area contributed by atoms with Crippen molar-refractivity contribution in [2.24, 2.45) is 0 Å². The Bertz CT molecular complexity index is 1110. The van der Waals surface area contributed by atoms with Crippen molar-refractivity contribution < 1.29 is 23.6 Å². The number of anilines is 1. The summed E-state index contributed by atoms with van der Waals surface area (Å²) >= 11 is -0.768. The van der Waals surface area contributed by atoms with Crippen molar-refractivity contribution in [3.8, 4) is 0 Å². The summed E-state index contributed by atoms with van der Waals surface area (Å²) in [4.78, 5) is 52.8. The molecule has 45 heavy (non-hydrogen) atoms. The zero-order valence-corrected chi connectivity index (χ0v) is 30.5. The van der Waals surface area contributed by atoms with Crippen LogP contribution in [0.3, 0.4) is 0 Å². The third-order valence-electron chi connectivity index (χ3n) is 8.82. The Balaban J connectivity index is 1.41. The van der Waals surface area contributed by atoms with Gasteiger partial charge in [-0.25, -0.2) is 0 Å². The molecule has 0 spiro atoms. The van der Waals surface area contributed by atoms with Gasteiger partial charge in [-0.15, -0.1) is 0 Å². The monoisotopic (exact) mass is 735 g/mol. The fourth-order valence-electron chi connectivity index (χ4n) is 6.25. The van der Waals surface area contributed by atoms with Gasteiger partial charge in [-0.2, -0.15) is 0 Å². The second kappa shape index (κ2) is 20.0. The van der Waals surface area contributed by atoms with Crippen molar-refractivity contribution in [1.29, 1.82) is 0 Å². The number of halogens is 1. The summed E-state index contributed by atoms with van der Waals surface area (Å²) in [5, 5.41) is 8.50. The van der Waals surface area contributed by atoms with E-state index in [-0.39, 0.29) is 35.5 Å². The number of nitrogens with one attached hydrogen (secondary N) is 3. The van der Waals surface area contributed by atoms with Crippen LogP contribution < -0.4 is 20.9 Å². The summed E-state index contributed by atoms with van der Waals surface area (Å²) in [5.41, 5.74) is 1.08. The van der Waals surface area contributed by atoms with E-state index in [1.54, 1.807) is 17.0 Å². The predicted octanol–water partition coefficient (Wildman–Crippen LogP) is 4.55. The first-order chi connectivity index (χ1) is 21.7. The van der Waals surface area contributed by atoms with Crippen molar-refractivity contribution in [3.05, 3.63) is 29.6 Å². The molecule has 2 unspecified atom stereocenters. The molecule has 4 amide bonds. The number of carbonyl (C=O) groups excluding carboxylic acids is 4. The zero-order chi connectivity index (χ0) is 32.6. The molecule has 11 heteroatoms. The van der Waals surface area contributed by atoms with E-state index in [4.69, 9.17) is 0 Å². The van der Waals surface area contributed by atoms with E-state index < -0.39 is 33.1 Å². The summed E-state index contributed by atoms with van der Waals surface area (Å²) in [7, 11) is 0. The molecule has 1 aromatic carbocycles. The number of amides is 4. The third kappa shape index (κ3) is 12.7. The maximum absolute atomic E-state index is 15.3. The first-order valence-electron chi connectivity index (χ1n) is 17.0. The Morgan fingerprint density at radius 1 is 0.956 bits per heavy atom. The molecule has 250 valence electrons. The maximum atomic E-state index is 15.3. The fraction of sp³-hybridized carbons (Fsp3) is 0.706. The van der Waals surface area contributed by atoms with Crippen LogP contribution in [0.25, 0.3) is 0 Å². The molecular weight excluding hydrogens is 680 g/mol. The molecule has 3 atom stereocenters. The van der Waals surface area contributed by atoms with Gasteiger partial charge in [-0.05, 0) is 6.42 Å². The van der Waals surface area contributed by atoms with Gasteiger partial charge in [0.05, 0.1) is 0 Å². The van der Waals surface area contributed by atoms with Crippen molar-refractivity contribution in [3.63, 3.8) is 0 Å².